The van der Waals surface area contributed by atoms with Crippen molar-refractivity contribution in [3.63, 3.8) is 0 Å². The lowest BCUT2D eigenvalue weighted by atomic mass is 10.1. The van der Waals surface area contributed by atoms with Crippen LogP contribution >= 0.6 is 0 Å². The molecule has 0 N–H and O–H groups in total. The lowest BCUT2D eigenvalue weighted by molar-refractivity contribution is 0.174. The van der Waals surface area contributed by atoms with Crippen LogP contribution in [0.1, 0.15) is 24.5 Å². The zero-order valence-electron chi connectivity index (χ0n) is 13.8. The Morgan fingerprint density at radius 1 is 0.826 bits per heavy atom. The fourth-order valence-electron chi connectivity index (χ4n) is 2.97. The molecule has 23 heavy (non-hydrogen) atoms. The molecule has 0 aliphatic carbocycles. The lowest BCUT2D eigenvalue weighted by Gasteiger charge is -2.21. The molecule has 0 saturated carbocycles. The SMILES string of the molecule is CCCN(CCc1ccccc1)CCc1ccc2c(c1)OCO2. The molecule has 0 saturated heterocycles. The van der Waals surface area contributed by atoms with Crippen molar-refractivity contribution in [1.82, 2.24) is 4.90 Å². The Kier molecular flexibility index (Phi) is 5.54. The van der Waals surface area contributed by atoms with Crippen LogP contribution in [0.3, 0.4) is 0 Å². The zero-order valence-corrected chi connectivity index (χ0v) is 13.8. The number of ether oxygens (including phenoxy) is 2. The van der Waals surface area contributed by atoms with Gasteiger partial charge in [0.05, 0.1) is 0 Å². The minimum absolute atomic E-state index is 0.345. The molecule has 3 nitrogen and oxygen atoms in total. The minimum atomic E-state index is 0.345. The summed E-state index contributed by atoms with van der Waals surface area (Å²) >= 11 is 0. The summed E-state index contributed by atoms with van der Waals surface area (Å²) in [6.45, 7) is 5.94. The monoisotopic (exact) mass is 311 g/mol. The van der Waals surface area contributed by atoms with Crippen LogP contribution in [0, 0.1) is 0 Å². The maximum Gasteiger partial charge on any atom is 0.231 e. The molecule has 3 heteroatoms. The average Bonchev–Trinajstić information content (AvgIpc) is 3.06. The van der Waals surface area contributed by atoms with E-state index in [0.29, 0.717) is 6.79 Å². The van der Waals surface area contributed by atoms with Crippen molar-refractivity contribution < 1.29 is 9.47 Å². The molecule has 0 aromatic heterocycles. The number of hydrogen-bond donors (Lipinski definition) is 0. The van der Waals surface area contributed by atoms with E-state index < -0.39 is 0 Å². The molecule has 0 spiro atoms. The van der Waals surface area contributed by atoms with Gasteiger partial charge in [0.25, 0.3) is 0 Å². The van der Waals surface area contributed by atoms with Crippen molar-refractivity contribution in [3.8, 4) is 11.5 Å². The van der Waals surface area contributed by atoms with Crippen LogP contribution in [-0.2, 0) is 12.8 Å². The zero-order chi connectivity index (χ0) is 15.9. The van der Waals surface area contributed by atoms with Crippen LogP contribution in [0.2, 0.25) is 0 Å². The summed E-state index contributed by atoms with van der Waals surface area (Å²) in [6.07, 6.45) is 3.35. The van der Waals surface area contributed by atoms with Gasteiger partial charge in [0.15, 0.2) is 11.5 Å². The molecular formula is C20H25NO2. The summed E-state index contributed by atoms with van der Waals surface area (Å²) in [5.41, 5.74) is 2.73. The third-order valence-corrected chi connectivity index (χ3v) is 4.25. The largest absolute Gasteiger partial charge is 0.454 e. The molecule has 1 heterocycles. The number of nitrogens with zero attached hydrogens (tertiary/aromatic N) is 1. The van der Waals surface area contributed by atoms with E-state index in [-0.39, 0.29) is 0 Å². The smallest absolute Gasteiger partial charge is 0.231 e. The predicted octanol–water partition coefficient (Wildman–Crippen LogP) is 3.91. The Morgan fingerprint density at radius 2 is 1.57 bits per heavy atom. The summed E-state index contributed by atoms with van der Waals surface area (Å²) < 4.78 is 10.8. The Hall–Kier alpha value is -2.00. The lowest BCUT2D eigenvalue weighted by Crippen LogP contribution is -2.29. The first-order valence-electron chi connectivity index (χ1n) is 8.50. The molecule has 0 bridgehead atoms. The molecule has 0 unspecified atom stereocenters. The van der Waals surface area contributed by atoms with Crippen molar-refractivity contribution in [2.75, 3.05) is 26.4 Å². The highest BCUT2D eigenvalue weighted by atomic mass is 16.7. The number of benzene rings is 2. The number of hydrogen-bond acceptors (Lipinski definition) is 3. The van der Waals surface area contributed by atoms with Crippen LogP contribution in [0.5, 0.6) is 11.5 Å². The van der Waals surface area contributed by atoms with Crippen LogP contribution < -0.4 is 9.47 Å². The van der Waals surface area contributed by atoms with E-state index in [1.165, 1.54) is 17.5 Å². The minimum Gasteiger partial charge on any atom is -0.454 e. The van der Waals surface area contributed by atoms with Gasteiger partial charge in [0, 0.05) is 13.1 Å². The van der Waals surface area contributed by atoms with Gasteiger partial charge in [-0.3, -0.25) is 0 Å². The van der Waals surface area contributed by atoms with E-state index in [2.05, 4.69) is 54.3 Å². The van der Waals surface area contributed by atoms with Gasteiger partial charge < -0.3 is 14.4 Å². The van der Waals surface area contributed by atoms with Gasteiger partial charge in [0.2, 0.25) is 6.79 Å². The molecule has 0 atom stereocenters. The molecule has 3 rings (SSSR count). The summed E-state index contributed by atoms with van der Waals surface area (Å²) in [5.74, 6) is 1.75. The number of rotatable bonds is 8. The maximum absolute atomic E-state index is 5.46. The molecular weight excluding hydrogens is 286 g/mol. The first-order valence-corrected chi connectivity index (χ1v) is 8.50. The highest BCUT2D eigenvalue weighted by Crippen LogP contribution is 2.32. The number of fused-ring (bicyclic) bond motifs is 1. The van der Waals surface area contributed by atoms with Gasteiger partial charge in [-0.1, -0.05) is 43.3 Å². The summed E-state index contributed by atoms with van der Waals surface area (Å²) in [7, 11) is 0. The Bertz CT molecular complexity index is 612. The molecule has 0 fully saturated rings. The Balaban J connectivity index is 1.52. The summed E-state index contributed by atoms with van der Waals surface area (Å²) in [4.78, 5) is 2.55. The fraction of sp³-hybridized carbons (Fsp3) is 0.400. The molecule has 1 aliphatic rings. The topological polar surface area (TPSA) is 21.7 Å². The second-order valence-corrected chi connectivity index (χ2v) is 6.01. The second-order valence-electron chi connectivity index (χ2n) is 6.01. The van der Waals surface area contributed by atoms with Crippen LogP contribution in [0.4, 0.5) is 0 Å². The van der Waals surface area contributed by atoms with Crippen LogP contribution in [-0.4, -0.2) is 31.3 Å². The Labute approximate surface area is 138 Å². The van der Waals surface area contributed by atoms with Gasteiger partial charge in [-0.2, -0.15) is 0 Å². The normalized spacial score (nSPS) is 12.8. The molecule has 2 aromatic carbocycles. The highest BCUT2D eigenvalue weighted by molar-refractivity contribution is 5.44. The predicted molar refractivity (Wildman–Crippen MR) is 93.1 cm³/mol. The van der Waals surface area contributed by atoms with E-state index in [0.717, 1.165) is 44.0 Å². The van der Waals surface area contributed by atoms with E-state index in [4.69, 9.17) is 9.47 Å². The molecule has 122 valence electrons. The van der Waals surface area contributed by atoms with Gasteiger partial charge in [0.1, 0.15) is 0 Å². The van der Waals surface area contributed by atoms with E-state index >= 15 is 0 Å². The average molecular weight is 311 g/mol. The van der Waals surface area contributed by atoms with Crippen molar-refractivity contribution >= 4 is 0 Å². The summed E-state index contributed by atoms with van der Waals surface area (Å²) in [6, 6.07) is 17.0. The maximum atomic E-state index is 5.46. The van der Waals surface area contributed by atoms with Gasteiger partial charge in [-0.05, 0) is 49.1 Å². The molecule has 0 radical (unpaired) electrons. The van der Waals surface area contributed by atoms with Gasteiger partial charge in [-0.25, -0.2) is 0 Å². The highest BCUT2D eigenvalue weighted by Gasteiger charge is 2.13. The first kappa shape index (κ1) is 15.9. The van der Waals surface area contributed by atoms with Crippen molar-refractivity contribution in [2.45, 2.75) is 26.2 Å². The third kappa shape index (κ3) is 4.49. The standard InChI is InChI=1S/C20H25NO2/c1-2-12-21(13-10-17-6-4-3-5-7-17)14-11-18-8-9-19-20(15-18)23-16-22-19/h3-9,15H,2,10-14,16H2,1H3. The molecule has 1 aliphatic heterocycles. The molecule has 0 amide bonds. The van der Waals surface area contributed by atoms with E-state index in [1.54, 1.807) is 0 Å². The Morgan fingerprint density at radius 3 is 2.35 bits per heavy atom. The van der Waals surface area contributed by atoms with Crippen LogP contribution in [0.15, 0.2) is 48.5 Å². The quantitative estimate of drug-likeness (QED) is 0.738. The van der Waals surface area contributed by atoms with Crippen molar-refractivity contribution in [3.05, 3.63) is 59.7 Å². The van der Waals surface area contributed by atoms with Gasteiger partial charge >= 0.3 is 0 Å². The third-order valence-electron chi connectivity index (χ3n) is 4.25. The van der Waals surface area contributed by atoms with Gasteiger partial charge in [-0.15, -0.1) is 0 Å². The van der Waals surface area contributed by atoms with E-state index in [9.17, 15) is 0 Å². The second kappa shape index (κ2) is 8.02. The van der Waals surface area contributed by atoms with Crippen molar-refractivity contribution in [1.29, 1.82) is 0 Å². The van der Waals surface area contributed by atoms with Crippen molar-refractivity contribution in [2.24, 2.45) is 0 Å². The molecule has 2 aromatic rings. The first-order chi connectivity index (χ1) is 11.3. The van der Waals surface area contributed by atoms with Crippen LogP contribution in [0.25, 0.3) is 0 Å². The summed E-state index contributed by atoms with van der Waals surface area (Å²) in [5, 5.41) is 0. The van der Waals surface area contributed by atoms with E-state index in [1.807, 2.05) is 6.07 Å². The fourth-order valence-corrected chi connectivity index (χ4v) is 2.97.